The van der Waals surface area contributed by atoms with E-state index in [0.717, 1.165) is 24.2 Å². The van der Waals surface area contributed by atoms with Gasteiger partial charge in [-0.1, -0.05) is 19.3 Å². The van der Waals surface area contributed by atoms with Crippen molar-refractivity contribution >= 4 is 0 Å². The molecule has 2 heteroatoms. The molecule has 3 aliphatic rings. The maximum Gasteiger partial charge on any atom is 0.0693 e. The molecule has 6 unspecified atom stereocenters. The average molecular weight is 237 g/mol. The van der Waals surface area contributed by atoms with Crippen molar-refractivity contribution in [3.8, 4) is 0 Å². The second-order valence-electron chi connectivity index (χ2n) is 6.75. The third kappa shape index (κ3) is 2.39. The molecule has 17 heavy (non-hydrogen) atoms. The van der Waals surface area contributed by atoms with Crippen LogP contribution in [0.2, 0.25) is 0 Å². The standard InChI is InChI=1S/C15H27NO/c1-10(13-9-11-6-7-12(13)8-11)16-14-4-2-3-5-15(14)17/h10-17H,2-9H2,1H3. The van der Waals surface area contributed by atoms with Crippen LogP contribution in [0, 0.1) is 17.8 Å². The van der Waals surface area contributed by atoms with Crippen molar-refractivity contribution in [1.82, 2.24) is 5.32 Å². The van der Waals surface area contributed by atoms with E-state index < -0.39 is 0 Å². The molecule has 0 aromatic carbocycles. The van der Waals surface area contributed by atoms with E-state index >= 15 is 0 Å². The largest absolute Gasteiger partial charge is 0.392 e. The van der Waals surface area contributed by atoms with Gasteiger partial charge in [0.15, 0.2) is 0 Å². The van der Waals surface area contributed by atoms with E-state index in [1.165, 1.54) is 44.9 Å². The lowest BCUT2D eigenvalue weighted by atomic mass is 9.82. The average Bonchev–Trinajstić information content (AvgIpc) is 2.94. The van der Waals surface area contributed by atoms with Crippen molar-refractivity contribution in [2.24, 2.45) is 17.8 Å². The highest BCUT2D eigenvalue weighted by Crippen LogP contribution is 2.49. The van der Waals surface area contributed by atoms with E-state index in [0.29, 0.717) is 12.1 Å². The van der Waals surface area contributed by atoms with Gasteiger partial charge in [-0.2, -0.15) is 0 Å². The first-order valence-corrected chi connectivity index (χ1v) is 7.68. The number of aliphatic hydroxyl groups excluding tert-OH is 1. The van der Waals surface area contributed by atoms with E-state index in [4.69, 9.17) is 0 Å². The van der Waals surface area contributed by atoms with Gasteiger partial charge in [-0.05, 0) is 56.8 Å². The number of rotatable bonds is 3. The SMILES string of the molecule is CC(NC1CCCCC1O)C1CC2CCC1C2. The molecule has 0 amide bonds. The molecule has 0 saturated heterocycles. The molecule has 0 aromatic rings. The van der Waals surface area contributed by atoms with Gasteiger partial charge < -0.3 is 10.4 Å². The lowest BCUT2D eigenvalue weighted by Crippen LogP contribution is -2.49. The van der Waals surface area contributed by atoms with Crippen LogP contribution in [0.5, 0.6) is 0 Å². The summed E-state index contributed by atoms with van der Waals surface area (Å²) in [6, 6.07) is 0.987. The second-order valence-corrected chi connectivity index (χ2v) is 6.75. The van der Waals surface area contributed by atoms with Crippen LogP contribution in [0.1, 0.15) is 58.3 Å². The molecule has 0 heterocycles. The number of fused-ring (bicyclic) bond motifs is 2. The quantitative estimate of drug-likeness (QED) is 0.791. The zero-order valence-electron chi connectivity index (χ0n) is 11.1. The summed E-state index contributed by atoms with van der Waals surface area (Å²) < 4.78 is 0. The highest BCUT2D eigenvalue weighted by atomic mass is 16.3. The second kappa shape index (κ2) is 4.89. The summed E-state index contributed by atoms with van der Waals surface area (Å²) in [6.07, 6.45) is 10.5. The van der Waals surface area contributed by atoms with Crippen molar-refractivity contribution in [3.05, 3.63) is 0 Å². The molecule has 3 saturated carbocycles. The minimum absolute atomic E-state index is 0.0928. The molecule has 2 N–H and O–H groups in total. The Morgan fingerprint density at radius 2 is 1.88 bits per heavy atom. The molecule has 98 valence electrons. The fourth-order valence-corrected chi connectivity index (χ4v) is 4.67. The lowest BCUT2D eigenvalue weighted by Gasteiger charge is -2.35. The Morgan fingerprint density at radius 1 is 1.06 bits per heavy atom. The number of hydrogen-bond acceptors (Lipinski definition) is 2. The van der Waals surface area contributed by atoms with Gasteiger partial charge in [0.05, 0.1) is 6.10 Å². The van der Waals surface area contributed by atoms with E-state index in [-0.39, 0.29) is 6.10 Å². The molecular weight excluding hydrogens is 210 g/mol. The predicted octanol–water partition coefficient (Wildman–Crippen LogP) is 2.70. The van der Waals surface area contributed by atoms with Crippen molar-refractivity contribution in [3.63, 3.8) is 0 Å². The fourth-order valence-electron chi connectivity index (χ4n) is 4.67. The zero-order valence-corrected chi connectivity index (χ0v) is 11.1. The van der Waals surface area contributed by atoms with Crippen molar-refractivity contribution < 1.29 is 5.11 Å². The van der Waals surface area contributed by atoms with Crippen LogP contribution in [0.3, 0.4) is 0 Å². The van der Waals surface area contributed by atoms with Gasteiger partial charge in [0, 0.05) is 12.1 Å². The zero-order chi connectivity index (χ0) is 11.8. The summed E-state index contributed by atoms with van der Waals surface area (Å²) in [5.74, 6) is 2.91. The molecule has 0 aliphatic heterocycles. The summed E-state index contributed by atoms with van der Waals surface area (Å²) in [5, 5.41) is 13.8. The van der Waals surface area contributed by atoms with Crippen LogP contribution in [-0.2, 0) is 0 Å². The van der Waals surface area contributed by atoms with Crippen molar-refractivity contribution in [2.75, 3.05) is 0 Å². The third-order valence-electron chi connectivity index (χ3n) is 5.64. The van der Waals surface area contributed by atoms with Crippen LogP contribution in [0.15, 0.2) is 0 Å². The first-order valence-electron chi connectivity index (χ1n) is 7.68. The molecule has 3 fully saturated rings. The molecular formula is C15H27NO. The molecule has 2 bridgehead atoms. The Bertz CT molecular complexity index is 268. The summed E-state index contributed by atoms with van der Waals surface area (Å²) in [7, 11) is 0. The van der Waals surface area contributed by atoms with Gasteiger partial charge >= 0.3 is 0 Å². The van der Waals surface area contributed by atoms with Gasteiger partial charge in [-0.15, -0.1) is 0 Å². The molecule has 0 aromatic heterocycles. The van der Waals surface area contributed by atoms with Gasteiger partial charge in [-0.3, -0.25) is 0 Å². The number of nitrogens with one attached hydrogen (secondary N) is 1. The Kier molecular flexibility index (Phi) is 3.45. The minimum atomic E-state index is -0.0928. The third-order valence-corrected chi connectivity index (χ3v) is 5.64. The van der Waals surface area contributed by atoms with Crippen LogP contribution in [0.25, 0.3) is 0 Å². The van der Waals surface area contributed by atoms with Gasteiger partial charge in [0.2, 0.25) is 0 Å². The Morgan fingerprint density at radius 3 is 2.53 bits per heavy atom. The summed E-state index contributed by atoms with van der Waals surface area (Å²) in [6.45, 7) is 2.35. The van der Waals surface area contributed by atoms with Crippen molar-refractivity contribution in [1.29, 1.82) is 0 Å². The van der Waals surface area contributed by atoms with E-state index in [1.54, 1.807) is 0 Å². The highest BCUT2D eigenvalue weighted by molar-refractivity contribution is 4.95. The van der Waals surface area contributed by atoms with Crippen LogP contribution in [-0.4, -0.2) is 23.3 Å². The topological polar surface area (TPSA) is 32.3 Å². The van der Waals surface area contributed by atoms with Gasteiger partial charge in [0.25, 0.3) is 0 Å². The van der Waals surface area contributed by atoms with Crippen molar-refractivity contribution in [2.45, 2.75) is 76.5 Å². The lowest BCUT2D eigenvalue weighted by molar-refractivity contribution is 0.0775. The summed E-state index contributed by atoms with van der Waals surface area (Å²) in [5.41, 5.74) is 0. The first kappa shape index (κ1) is 12.0. The van der Waals surface area contributed by atoms with Gasteiger partial charge in [-0.25, -0.2) is 0 Å². The first-order chi connectivity index (χ1) is 8.24. The Hall–Kier alpha value is -0.0800. The van der Waals surface area contributed by atoms with E-state index in [9.17, 15) is 5.11 Å². The maximum atomic E-state index is 10.0. The molecule has 2 nitrogen and oxygen atoms in total. The maximum absolute atomic E-state index is 10.0. The van der Waals surface area contributed by atoms with Crippen LogP contribution >= 0.6 is 0 Å². The van der Waals surface area contributed by atoms with E-state index in [1.807, 2.05) is 0 Å². The van der Waals surface area contributed by atoms with Gasteiger partial charge in [0.1, 0.15) is 0 Å². The summed E-state index contributed by atoms with van der Waals surface area (Å²) >= 11 is 0. The molecule has 3 aliphatic carbocycles. The Labute approximate surface area is 105 Å². The highest BCUT2D eigenvalue weighted by Gasteiger charge is 2.42. The van der Waals surface area contributed by atoms with Crippen LogP contribution < -0.4 is 5.32 Å². The molecule has 0 radical (unpaired) electrons. The normalized spacial score (nSPS) is 47.3. The Balaban J connectivity index is 1.54. The molecule has 0 spiro atoms. The summed E-state index contributed by atoms with van der Waals surface area (Å²) in [4.78, 5) is 0. The molecule has 6 atom stereocenters. The monoisotopic (exact) mass is 237 g/mol. The number of aliphatic hydroxyl groups is 1. The minimum Gasteiger partial charge on any atom is -0.392 e. The van der Waals surface area contributed by atoms with Crippen LogP contribution in [0.4, 0.5) is 0 Å². The van der Waals surface area contributed by atoms with E-state index in [2.05, 4.69) is 12.2 Å². The fraction of sp³-hybridized carbons (Fsp3) is 1.00. The smallest absolute Gasteiger partial charge is 0.0693 e. The predicted molar refractivity (Wildman–Crippen MR) is 69.8 cm³/mol. The molecule has 3 rings (SSSR count). The number of hydrogen-bond donors (Lipinski definition) is 2.